The number of anilines is 1. The molecule has 0 aliphatic heterocycles. The summed E-state index contributed by atoms with van der Waals surface area (Å²) in [7, 11) is 0. The van der Waals surface area contributed by atoms with Crippen LogP contribution in [0.15, 0.2) is 12.1 Å². The molecule has 0 atom stereocenters. The number of aliphatic hydroxyl groups is 1. The summed E-state index contributed by atoms with van der Waals surface area (Å²) in [6, 6.07) is 3.75. The third kappa shape index (κ3) is 12.6. The summed E-state index contributed by atoms with van der Waals surface area (Å²) in [5.41, 5.74) is 0.728. The van der Waals surface area contributed by atoms with E-state index in [1.54, 1.807) is 6.07 Å². The molecule has 0 unspecified atom stereocenters. The van der Waals surface area contributed by atoms with Gasteiger partial charge in [0.05, 0.1) is 18.9 Å². The van der Waals surface area contributed by atoms with E-state index in [9.17, 15) is 4.79 Å². The molecule has 0 radical (unpaired) electrons. The quantitative estimate of drug-likeness (QED) is 0.216. The lowest BCUT2D eigenvalue weighted by Gasteiger charge is -2.23. The highest BCUT2D eigenvalue weighted by molar-refractivity contribution is 5.86. The Morgan fingerprint density at radius 3 is 2.26 bits per heavy atom. The van der Waals surface area contributed by atoms with E-state index in [-0.39, 0.29) is 17.8 Å². The van der Waals surface area contributed by atoms with Crippen molar-refractivity contribution >= 4 is 11.7 Å². The van der Waals surface area contributed by atoms with Gasteiger partial charge in [-0.15, -0.1) is 0 Å². The molecule has 0 spiro atoms. The predicted octanol–water partition coefficient (Wildman–Crippen LogP) is 5.63. The van der Waals surface area contributed by atoms with Crippen LogP contribution >= 0.6 is 0 Å². The van der Waals surface area contributed by atoms with E-state index in [4.69, 9.17) is 14.9 Å². The first-order valence-electron chi connectivity index (χ1n) is 13.3. The Bertz CT molecular complexity index is 718. The second-order valence-electron chi connectivity index (χ2n) is 10.5. The number of rotatable bonds is 17. The van der Waals surface area contributed by atoms with Gasteiger partial charge in [-0.3, -0.25) is 0 Å². The van der Waals surface area contributed by atoms with Gasteiger partial charge in [0.2, 0.25) is 5.88 Å². The number of nitrogens with zero attached hydrogens (tertiary/aromatic N) is 1. The third-order valence-corrected chi connectivity index (χ3v) is 6.20. The molecular formula is C27H47N3O4. The van der Waals surface area contributed by atoms with Gasteiger partial charge in [-0.25, -0.2) is 9.78 Å². The number of aromatic carboxylic acids is 1. The van der Waals surface area contributed by atoms with Crippen LogP contribution in [0.3, 0.4) is 0 Å². The minimum absolute atomic E-state index is 0.0298. The molecule has 3 rings (SSSR count). The number of ether oxygens (including phenoxy) is 1. The van der Waals surface area contributed by atoms with Crippen LogP contribution in [0.2, 0.25) is 0 Å². The molecule has 1 heterocycles. The number of aromatic nitrogens is 1. The molecule has 194 valence electrons. The lowest BCUT2D eigenvalue weighted by molar-refractivity contribution is 0.0689. The van der Waals surface area contributed by atoms with Crippen molar-refractivity contribution in [2.75, 3.05) is 25.1 Å². The van der Waals surface area contributed by atoms with Gasteiger partial charge in [0.25, 0.3) is 0 Å². The molecule has 1 aromatic rings. The number of hydrogen-bond donors (Lipinski definition) is 4. The van der Waals surface area contributed by atoms with Gasteiger partial charge in [-0.1, -0.05) is 51.9 Å². The summed E-state index contributed by atoms with van der Waals surface area (Å²) in [6.45, 7) is 8.21. The summed E-state index contributed by atoms with van der Waals surface area (Å²) in [5.74, 6) is 0.0204. The molecule has 2 fully saturated rings. The Balaban J connectivity index is 0.000000243. The number of aliphatic hydroxyl groups excluding tert-OH is 1. The van der Waals surface area contributed by atoms with E-state index in [0.717, 1.165) is 25.1 Å². The van der Waals surface area contributed by atoms with Crippen LogP contribution < -0.4 is 15.4 Å². The highest BCUT2D eigenvalue weighted by Crippen LogP contribution is 2.33. The number of carboxylic acids is 1. The molecule has 0 saturated heterocycles. The minimum Gasteiger partial charge on any atom is -0.477 e. The SMILES string of the molecule is CCCCCCCCCCNC(C)(C)CO.O=C(O)c1ccc(NC2CC2)c(OCC2CC2)n1. The Labute approximate surface area is 206 Å². The van der Waals surface area contributed by atoms with Crippen LogP contribution in [0.1, 0.15) is 108 Å². The van der Waals surface area contributed by atoms with Crippen LogP contribution in [0, 0.1) is 5.92 Å². The van der Waals surface area contributed by atoms with E-state index in [0.29, 0.717) is 24.4 Å². The van der Waals surface area contributed by atoms with Crippen molar-refractivity contribution < 1.29 is 19.7 Å². The van der Waals surface area contributed by atoms with Crippen LogP contribution in [-0.4, -0.2) is 52.5 Å². The van der Waals surface area contributed by atoms with E-state index < -0.39 is 5.97 Å². The monoisotopic (exact) mass is 477 g/mol. The van der Waals surface area contributed by atoms with Gasteiger partial charge in [0.1, 0.15) is 0 Å². The van der Waals surface area contributed by atoms with E-state index in [2.05, 4.69) is 22.5 Å². The van der Waals surface area contributed by atoms with Crippen LogP contribution in [0.25, 0.3) is 0 Å². The van der Waals surface area contributed by atoms with Crippen molar-refractivity contribution in [2.24, 2.45) is 5.92 Å². The van der Waals surface area contributed by atoms with Crippen molar-refractivity contribution in [2.45, 2.75) is 109 Å². The number of carbonyl (C=O) groups is 1. The van der Waals surface area contributed by atoms with Gasteiger partial charge < -0.3 is 25.6 Å². The van der Waals surface area contributed by atoms with Crippen molar-refractivity contribution in [1.82, 2.24) is 10.3 Å². The molecular weight excluding hydrogens is 430 g/mol. The zero-order valence-corrected chi connectivity index (χ0v) is 21.6. The average molecular weight is 478 g/mol. The summed E-state index contributed by atoms with van der Waals surface area (Å²) in [4.78, 5) is 15.0. The number of carboxylic acid groups (broad SMARTS) is 1. The van der Waals surface area contributed by atoms with Gasteiger partial charge in [-0.05, 0) is 70.5 Å². The Hall–Kier alpha value is -1.86. The van der Waals surface area contributed by atoms with Gasteiger partial charge >= 0.3 is 5.97 Å². The molecule has 1 aromatic heterocycles. The Kier molecular flexibility index (Phi) is 12.7. The first-order valence-corrected chi connectivity index (χ1v) is 13.3. The molecule has 4 N–H and O–H groups in total. The first kappa shape index (κ1) is 28.4. The average Bonchev–Trinajstić information content (AvgIpc) is 3.73. The van der Waals surface area contributed by atoms with Gasteiger partial charge in [0, 0.05) is 11.6 Å². The molecule has 2 aliphatic rings. The third-order valence-electron chi connectivity index (χ3n) is 6.20. The highest BCUT2D eigenvalue weighted by atomic mass is 16.5. The summed E-state index contributed by atoms with van der Waals surface area (Å²) >= 11 is 0. The fourth-order valence-electron chi connectivity index (χ4n) is 3.45. The molecule has 2 saturated carbocycles. The Morgan fingerprint density at radius 1 is 1.06 bits per heavy atom. The number of nitrogens with one attached hydrogen (secondary N) is 2. The van der Waals surface area contributed by atoms with Crippen LogP contribution in [0.4, 0.5) is 5.69 Å². The number of unbranched alkanes of at least 4 members (excludes halogenated alkanes) is 7. The summed E-state index contributed by atoms with van der Waals surface area (Å²) in [5, 5.41) is 24.7. The topological polar surface area (TPSA) is 104 Å². The molecule has 7 heteroatoms. The zero-order valence-electron chi connectivity index (χ0n) is 21.6. The number of hydrogen-bond acceptors (Lipinski definition) is 6. The maximum absolute atomic E-state index is 10.9. The van der Waals surface area contributed by atoms with E-state index in [1.165, 1.54) is 70.3 Å². The molecule has 34 heavy (non-hydrogen) atoms. The van der Waals surface area contributed by atoms with Crippen molar-refractivity contribution in [1.29, 1.82) is 0 Å². The minimum atomic E-state index is -1.02. The lowest BCUT2D eigenvalue weighted by Crippen LogP contribution is -2.43. The maximum atomic E-state index is 10.9. The van der Waals surface area contributed by atoms with Crippen molar-refractivity contribution in [3.8, 4) is 5.88 Å². The van der Waals surface area contributed by atoms with Gasteiger partial charge in [-0.2, -0.15) is 0 Å². The van der Waals surface area contributed by atoms with Crippen molar-refractivity contribution in [3.63, 3.8) is 0 Å². The zero-order chi connectivity index (χ0) is 24.8. The second-order valence-corrected chi connectivity index (χ2v) is 10.5. The molecule has 7 nitrogen and oxygen atoms in total. The Morgan fingerprint density at radius 2 is 1.71 bits per heavy atom. The first-order chi connectivity index (χ1) is 16.3. The largest absolute Gasteiger partial charge is 0.477 e. The van der Waals surface area contributed by atoms with Crippen molar-refractivity contribution in [3.05, 3.63) is 17.8 Å². The van der Waals surface area contributed by atoms with Crippen LogP contribution in [-0.2, 0) is 0 Å². The number of pyridine rings is 1. The molecule has 2 aliphatic carbocycles. The fourth-order valence-corrected chi connectivity index (χ4v) is 3.45. The van der Waals surface area contributed by atoms with E-state index >= 15 is 0 Å². The molecule has 0 aromatic carbocycles. The summed E-state index contributed by atoms with van der Waals surface area (Å²) < 4.78 is 5.64. The summed E-state index contributed by atoms with van der Waals surface area (Å²) in [6.07, 6.45) is 15.6. The van der Waals surface area contributed by atoms with Gasteiger partial charge in [0.15, 0.2) is 5.69 Å². The normalized spacial score (nSPS) is 15.4. The molecule has 0 amide bonds. The standard InChI is InChI=1S/C14H31NO.C13H16N2O3/c1-4-5-6-7-8-9-10-11-12-15-14(2,3)13-16;16-13(17)11-6-5-10(14-9-3-4-9)12(15-11)18-7-8-1-2-8/h15-16H,4-13H2,1-3H3;5-6,8-9,14H,1-4,7H2,(H,16,17). The predicted molar refractivity (Wildman–Crippen MR) is 138 cm³/mol. The smallest absolute Gasteiger partial charge is 0.354 e. The maximum Gasteiger partial charge on any atom is 0.354 e. The van der Waals surface area contributed by atoms with E-state index in [1.807, 2.05) is 13.8 Å². The molecule has 0 bridgehead atoms. The van der Waals surface area contributed by atoms with Crippen LogP contribution in [0.5, 0.6) is 5.88 Å². The fraction of sp³-hybridized carbons (Fsp3) is 0.778. The lowest BCUT2D eigenvalue weighted by atomic mass is 10.1. The highest BCUT2D eigenvalue weighted by Gasteiger charge is 2.25. The second kappa shape index (κ2) is 15.2.